The zero-order valence-corrected chi connectivity index (χ0v) is 13.6. The van der Waals surface area contributed by atoms with Crippen LogP contribution in [0.5, 0.6) is 0 Å². The molecule has 0 aliphatic heterocycles. The number of aromatic amines is 2. The van der Waals surface area contributed by atoms with Gasteiger partial charge < -0.3 is 30.4 Å². The summed E-state index contributed by atoms with van der Waals surface area (Å²) < 4.78 is 0. The number of carboxylic acid groups (broad SMARTS) is 2. The third kappa shape index (κ3) is 16.0. The average Bonchev–Trinajstić information content (AvgIpc) is 3.17. The van der Waals surface area contributed by atoms with Crippen LogP contribution in [0.4, 0.5) is 0 Å². The SMILES string of the molecule is CO.CO.O=C(O)Cc1cnc[nH]1.O=C(O)Cc1cnc[nH]1.[Co]. The van der Waals surface area contributed by atoms with Crippen molar-refractivity contribution in [2.45, 2.75) is 12.8 Å². The molecule has 0 bridgehead atoms. The summed E-state index contributed by atoms with van der Waals surface area (Å²) in [5.74, 6) is -1.70. The number of nitrogens with one attached hydrogen (secondary N) is 2. The smallest absolute Gasteiger partial charge is 0.309 e. The van der Waals surface area contributed by atoms with Crippen LogP contribution in [-0.4, -0.2) is 66.5 Å². The van der Waals surface area contributed by atoms with Gasteiger partial charge in [-0.25, -0.2) is 9.97 Å². The molecule has 0 aliphatic rings. The van der Waals surface area contributed by atoms with Crippen LogP contribution < -0.4 is 0 Å². The van der Waals surface area contributed by atoms with Gasteiger partial charge in [-0.2, -0.15) is 0 Å². The Morgan fingerprint density at radius 1 is 0.870 bits per heavy atom. The largest absolute Gasteiger partial charge is 0.481 e. The van der Waals surface area contributed by atoms with Crippen molar-refractivity contribution < 1.29 is 46.8 Å². The third-order valence-corrected chi connectivity index (χ3v) is 1.79. The second kappa shape index (κ2) is 17.8. The first-order valence-corrected chi connectivity index (χ1v) is 5.85. The van der Waals surface area contributed by atoms with E-state index in [0.717, 1.165) is 14.2 Å². The molecule has 1 radical (unpaired) electrons. The van der Waals surface area contributed by atoms with Crippen molar-refractivity contribution in [3.05, 3.63) is 36.4 Å². The van der Waals surface area contributed by atoms with Crippen LogP contribution in [0.25, 0.3) is 0 Å². The molecule has 11 heteroatoms. The maximum absolute atomic E-state index is 10.0. The van der Waals surface area contributed by atoms with E-state index in [-0.39, 0.29) is 29.6 Å². The summed E-state index contributed by atoms with van der Waals surface area (Å²) in [4.78, 5) is 32.7. The van der Waals surface area contributed by atoms with Crippen LogP contribution in [0.15, 0.2) is 25.0 Å². The van der Waals surface area contributed by atoms with Crippen molar-refractivity contribution in [2.75, 3.05) is 14.2 Å². The molecule has 133 valence electrons. The summed E-state index contributed by atoms with van der Waals surface area (Å²) in [5, 5.41) is 30.5. The molecule has 0 spiro atoms. The first kappa shape index (κ1) is 25.7. The van der Waals surface area contributed by atoms with Crippen molar-refractivity contribution in [1.82, 2.24) is 19.9 Å². The zero-order valence-electron chi connectivity index (χ0n) is 12.6. The number of imidazole rings is 2. The molecule has 0 aliphatic carbocycles. The number of aromatic nitrogens is 4. The summed E-state index contributed by atoms with van der Waals surface area (Å²) in [7, 11) is 2.00. The van der Waals surface area contributed by atoms with Gasteiger partial charge in [0.2, 0.25) is 0 Å². The molecule has 10 nitrogen and oxygen atoms in total. The summed E-state index contributed by atoms with van der Waals surface area (Å²) >= 11 is 0. The van der Waals surface area contributed by atoms with E-state index in [1.165, 1.54) is 25.0 Å². The van der Waals surface area contributed by atoms with Crippen LogP contribution in [0.1, 0.15) is 11.4 Å². The van der Waals surface area contributed by atoms with E-state index >= 15 is 0 Å². The number of hydrogen-bond acceptors (Lipinski definition) is 6. The molecular formula is C12H20CoN4O6. The van der Waals surface area contributed by atoms with Gasteiger partial charge in [-0.1, -0.05) is 0 Å². The summed E-state index contributed by atoms with van der Waals surface area (Å²) in [5.41, 5.74) is 1.25. The van der Waals surface area contributed by atoms with E-state index in [9.17, 15) is 9.59 Å². The van der Waals surface area contributed by atoms with Crippen LogP contribution in [0, 0.1) is 0 Å². The molecule has 0 amide bonds. The minimum absolute atomic E-state index is 0. The number of carboxylic acids is 2. The first-order valence-electron chi connectivity index (χ1n) is 5.85. The summed E-state index contributed by atoms with van der Waals surface area (Å²) in [6.07, 6.45) is 5.93. The predicted molar refractivity (Wildman–Crippen MR) is 76.1 cm³/mol. The van der Waals surface area contributed by atoms with Crippen LogP contribution in [0.2, 0.25) is 0 Å². The molecule has 0 atom stereocenters. The van der Waals surface area contributed by atoms with Gasteiger partial charge >= 0.3 is 11.9 Å². The van der Waals surface area contributed by atoms with Gasteiger partial charge in [0.15, 0.2) is 0 Å². The van der Waals surface area contributed by atoms with E-state index < -0.39 is 11.9 Å². The summed E-state index contributed by atoms with van der Waals surface area (Å²) in [6.45, 7) is 0. The van der Waals surface area contributed by atoms with Crippen molar-refractivity contribution in [3.63, 3.8) is 0 Å². The van der Waals surface area contributed by atoms with Gasteiger partial charge in [0.1, 0.15) is 0 Å². The van der Waals surface area contributed by atoms with E-state index in [1.54, 1.807) is 0 Å². The van der Waals surface area contributed by atoms with Crippen molar-refractivity contribution >= 4 is 11.9 Å². The molecule has 0 saturated carbocycles. The Balaban J connectivity index is -0.000000276. The number of rotatable bonds is 4. The minimum Gasteiger partial charge on any atom is -0.481 e. The number of aliphatic hydroxyl groups excluding tert-OH is 2. The van der Waals surface area contributed by atoms with Gasteiger partial charge in [-0.05, 0) is 0 Å². The third-order valence-electron chi connectivity index (χ3n) is 1.79. The number of carbonyl (C=O) groups is 2. The number of nitrogens with zero attached hydrogens (tertiary/aromatic N) is 2. The van der Waals surface area contributed by atoms with Gasteiger partial charge in [-0.15, -0.1) is 0 Å². The van der Waals surface area contributed by atoms with E-state index in [1.807, 2.05) is 0 Å². The minimum atomic E-state index is -0.848. The number of aliphatic hydroxyl groups is 2. The molecule has 2 heterocycles. The van der Waals surface area contributed by atoms with E-state index in [0.29, 0.717) is 11.4 Å². The van der Waals surface area contributed by atoms with Gasteiger partial charge in [0.25, 0.3) is 0 Å². The molecule has 6 N–H and O–H groups in total. The maximum Gasteiger partial charge on any atom is 0.309 e. The van der Waals surface area contributed by atoms with Gasteiger partial charge in [0.05, 0.1) is 25.5 Å². The quantitative estimate of drug-likeness (QED) is 0.406. The molecule has 2 aromatic heterocycles. The van der Waals surface area contributed by atoms with Crippen LogP contribution in [-0.2, 0) is 39.2 Å². The topological polar surface area (TPSA) is 172 Å². The summed E-state index contributed by atoms with van der Waals surface area (Å²) in [6, 6.07) is 0. The molecule has 0 fully saturated rings. The number of aliphatic carboxylic acids is 2. The molecule has 2 rings (SSSR count). The molecule has 0 unspecified atom stereocenters. The molecule has 2 aromatic rings. The molecular weight excluding hydrogens is 355 g/mol. The number of hydrogen-bond donors (Lipinski definition) is 6. The molecule has 0 aromatic carbocycles. The van der Waals surface area contributed by atoms with Crippen molar-refractivity contribution in [2.24, 2.45) is 0 Å². The molecule has 0 saturated heterocycles. The van der Waals surface area contributed by atoms with E-state index in [4.69, 9.17) is 20.4 Å². The average molecular weight is 375 g/mol. The maximum atomic E-state index is 10.0. The van der Waals surface area contributed by atoms with Crippen LogP contribution in [0.3, 0.4) is 0 Å². The second-order valence-electron chi connectivity index (χ2n) is 3.29. The van der Waals surface area contributed by atoms with Crippen LogP contribution >= 0.6 is 0 Å². The second-order valence-corrected chi connectivity index (χ2v) is 3.29. The Kier molecular flexibility index (Phi) is 19.9. The Morgan fingerprint density at radius 3 is 1.35 bits per heavy atom. The Bertz CT molecular complexity index is 443. The monoisotopic (exact) mass is 375 g/mol. The normalized spacial score (nSPS) is 7.83. The fraction of sp³-hybridized carbons (Fsp3) is 0.333. The Labute approximate surface area is 142 Å². The Hall–Kier alpha value is -2.21. The standard InChI is InChI=1S/2C5H6N2O2.2CH4O.Co/c2*8-5(9)1-4-2-6-3-7-4;2*1-2;/h2*2-3H,1H2,(H,6,7)(H,8,9);2*2H,1H3;. The number of H-pyrrole nitrogens is 2. The predicted octanol–water partition coefficient (Wildman–Crippen LogP) is -0.712. The fourth-order valence-corrected chi connectivity index (χ4v) is 1.09. The van der Waals surface area contributed by atoms with Gasteiger partial charge in [-0.3, -0.25) is 9.59 Å². The Morgan fingerprint density at radius 2 is 1.17 bits per heavy atom. The molecule has 23 heavy (non-hydrogen) atoms. The fourth-order valence-electron chi connectivity index (χ4n) is 1.09. The van der Waals surface area contributed by atoms with Crippen molar-refractivity contribution in [3.8, 4) is 0 Å². The first-order chi connectivity index (χ1) is 10.6. The van der Waals surface area contributed by atoms with Gasteiger partial charge in [0, 0.05) is 54.8 Å². The van der Waals surface area contributed by atoms with E-state index in [2.05, 4.69) is 19.9 Å². The zero-order chi connectivity index (χ0) is 17.4. The van der Waals surface area contributed by atoms with Crippen molar-refractivity contribution in [1.29, 1.82) is 0 Å².